The zero-order chi connectivity index (χ0) is 16.9. The Morgan fingerprint density at radius 1 is 1.33 bits per heavy atom. The van der Waals surface area contributed by atoms with Gasteiger partial charge in [0.2, 0.25) is 0 Å². The number of benzene rings is 1. The number of aromatic hydroxyl groups is 1. The van der Waals surface area contributed by atoms with Gasteiger partial charge in [0, 0.05) is 24.7 Å². The number of hydrogen-bond donors (Lipinski definition) is 2. The molecule has 2 N–H and O–H groups in total. The van der Waals surface area contributed by atoms with Crippen LogP contribution in [0.2, 0.25) is 0 Å². The fourth-order valence-electron chi connectivity index (χ4n) is 3.14. The number of phenols is 1. The minimum absolute atomic E-state index is 0.195. The number of alkyl halides is 1. The molecule has 0 radical (unpaired) electrons. The second kappa shape index (κ2) is 7.57. The van der Waals surface area contributed by atoms with Crippen LogP contribution in [0.3, 0.4) is 0 Å². The van der Waals surface area contributed by atoms with Crippen LogP contribution in [-0.4, -0.2) is 52.6 Å². The van der Waals surface area contributed by atoms with E-state index in [2.05, 4.69) is 20.4 Å². The van der Waals surface area contributed by atoms with Crippen LogP contribution in [0.4, 0.5) is 10.2 Å². The van der Waals surface area contributed by atoms with Gasteiger partial charge in [-0.05, 0) is 50.1 Å². The Balaban J connectivity index is 1.72. The summed E-state index contributed by atoms with van der Waals surface area (Å²) in [5.41, 5.74) is 2.30. The molecule has 0 bridgehead atoms. The van der Waals surface area contributed by atoms with Gasteiger partial charge in [-0.2, -0.15) is 0 Å². The van der Waals surface area contributed by atoms with Crippen LogP contribution in [0.25, 0.3) is 11.3 Å². The van der Waals surface area contributed by atoms with Gasteiger partial charge < -0.3 is 10.4 Å². The Morgan fingerprint density at radius 3 is 2.92 bits per heavy atom. The normalized spacial score (nSPS) is 18.5. The van der Waals surface area contributed by atoms with Gasteiger partial charge in [0.05, 0.1) is 5.69 Å². The first-order chi connectivity index (χ1) is 11.7. The molecule has 1 aliphatic rings. The van der Waals surface area contributed by atoms with E-state index in [9.17, 15) is 9.50 Å². The van der Waals surface area contributed by atoms with Crippen molar-refractivity contribution in [2.45, 2.75) is 25.8 Å². The Bertz CT molecular complexity index is 692. The number of para-hydroxylation sites is 1. The number of aryl methyl sites for hydroxylation is 1. The van der Waals surface area contributed by atoms with Crippen LogP contribution in [0.5, 0.6) is 5.75 Å². The number of anilines is 1. The molecule has 1 aliphatic heterocycles. The number of piperidine rings is 1. The molecule has 24 heavy (non-hydrogen) atoms. The Morgan fingerprint density at radius 2 is 2.17 bits per heavy atom. The molecular weight excluding hydrogens is 307 g/mol. The predicted molar refractivity (Wildman–Crippen MR) is 92.9 cm³/mol. The molecule has 1 fully saturated rings. The molecule has 1 atom stereocenters. The van der Waals surface area contributed by atoms with Crippen molar-refractivity contribution in [3.05, 3.63) is 35.9 Å². The van der Waals surface area contributed by atoms with Crippen LogP contribution in [-0.2, 0) is 0 Å². The van der Waals surface area contributed by atoms with Crippen molar-refractivity contribution < 1.29 is 9.50 Å². The number of rotatable bonds is 5. The summed E-state index contributed by atoms with van der Waals surface area (Å²) < 4.78 is 12.5. The van der Waals surface area contributed by atoms with Gasteiger partial charge >= 0.3 is 0 Å². The van der Waals surface area contributed by atoms with Crippen LogP contribution in [0.15, 0.2) is 30.3 Å². The van der Waals surface area contributed by atoms with Gasteiger partial charge in [0.1, 0.15) is 12.4 Å². The highest BCUT2D eigenvalue weighted by Crippen LogP contribution is 2.28. The third-order valence-corrected chi connectivity index (χ3v) is 4.41. The minimum atomic E-state index is -0.305. The second-order valence-electron chi connectivity index (χ2n) is 6.25. The minimum Gasteiger partial charge on any atom is -0.507 e. The second-order valence-corrected chi connectivity index (χ2v) is 6.25. The van der Waals surface area contributed by atoms with E-state index in [1.54, 1.807) is 12.1 Å². The smallest absolute Gasteiger partial charge is 0.151 e. The maximum absolute atomic E-state index is 12.5. The van der Waals surface area contributed by atoms with Crippen molar-refractivity contribution in [2.75, 3.05) is 31.6 Å². The van der Waals surface area contributed by atoms with Gasteiger partial charge in [-0.1, -0.05) is 12.1 Å². The zero-order valence-electron chi connectivity index (χ0n) is 13.9. The highest BCUT2D eigenvalue weighted by Gasteiger charge is 2.20. The molecule has 1 aromatic heterocycles. The Kier molecular flexibility index (Phi) is 5.25. The monoisotopic (exact) mass is 330 g/mol. The van der Waals surface area contributed by atoms with Crippen molar-refractivity contribution in [3.63, 3.8) is 0 Å². The molecule has 0 amide bonds. The SMILES string of the molecule is Cc1cc(-c2ccccc2O)nnc1N[C@@H]1CCCN(CCF)C1. The quantitative estimate of drug-likeness (QED) is 0.882. The van der Waals surface area contributed by atoms with Crippen LogP contribution < -0.4 is 5.32 Å². The molecule has 0 spiro atoms. The van der Waals surface area contributed by atoms with E-state index in [-0.39, 0.29) is 18.5 Å². The van der Waals surface area contributed by atoms with Crippen molar-refractivity contribution >= 4 is 5.82 Å². The fraction of sp³-hybridized carbons (Fsp3) is 0.444. The van der Waals surface area contributed by atoms with E-state index in [1.807, 2.05) is 25.1 Å². The number of phenolic OH excluding ortho intramolecular Hbond substituents is 1. The van der Waals surface area contributed by atoms with Crippen molar-refractivity contribution in [1.82, 2.24) is 15.1 Å². The predicted octanol–water partition coefficient (Wildman–Crippen LogP) is 3.00. The number of nitrogens with one attached hydrogen (secondary N) is 1. The largest absolute Gasteiger partial charge is 0.507 e. The highest BCUT2D eigenvalue weighted by atomic mass is 19.1. The van der Waals surface area contributed by atoms with E-state index in [1.165, 1.54) is 0 Å². The van der Waals surface area contributed by atoms with E-state index in [0.717, 1.165) is 37.3 Å². The van der Waals surface area contributed by atoms with Crippen LogP contribution in [0, 0.1) is 6.92 Å². The molecule has 1 saturated heterocycles. The number of hydrogen-bond acceptors (Lipinski definition) is 5. The third-order valence-electron chi connectivity index (χ3n) is 4.41. The van der Waals surface area contributed by atoms with Crippen LogP contribution >= 0.6 is 0 Å². The van der Waals surface area contributed by atoms with Gasteiger partial charge in [-0.15, -0.1) is 10.2 Å². The summed E-state index contributed by atoms with van der Waals surface area (Å²) in [4.78, 5) is 2.14. The average molecular weight is 330 g/mol. The number of nitrogens with zero attached hydrogens (tertiary/aromatic N) is 3. The maximum Gasteiger partial charge on any atom is 0.151 e. The third kappa shape index (κ3) is 3.82. The van der Waals surface area contributed by atoms with Gasteiger partial charge in [-0.25, -0.2) is 4.39 Å². The Labute approximate surface area is 141 Å². The summed E-state index contributed by atoms with van der Waals surface area (Å²) in [6.45, 7) is 3.95. The summed E-state index contributed by atoms with van der Waals surface area (Å²) in [6.07, 6.45) is 2.10. The van der Waals surface area contributed by atoms with Crippen LogP contribution in [0.1, 0.15) is 18.4 Å². The molecule has 2 heterocycles. The van der Waals surface area contributed by atoms with E-state index >= 15 is 0 Å². The molecule has 0 unspecified atom stereocenters. The standard InChI is InChI=1S/C18H23FN4O/c1-13-11-16(15-6-2-3-7-17(15)24)21-22-18(13)20-14-5-4-9-23(12-14)10-8-19/h2-3,6-7,11,14,24H,4-5,8-10,12H2,1H3,(H,20,22)/t14-/m1/s1. The van der Waals surface area contributed by atoms with E-state index in [0.29, 0.717) is 17.8 Å². The molecule has 0 aliphatic carbocycles. The zero-order valence-corrected chi connectivity index (χ0v) is 13.9. The van der Waals surface area contributed by atoms with Crippen molar-refractivity contribution in [1.29, 1.82) is 0 Å². The molecule has 1 aromatic carbocycles. The fourth-order valence-corrected chi connectivity index (χ4v) is 3.14. The Hall–Kier alpha value is -2.21. The first-order valence-corrected chi connectivity index (χ1v) is 8.35. The average Bonchev–Trinajstić information content (AvgIpc) is 2.58. The number of aromatic nitrogens is 2. The first-order valence-electron chi connectivity index (χ1n) is 8.35. The van der Waals surface area contributed by atoms with E-state index < -0.39 is 0 Å². The molecule has 5 nitrogen and oxygen atoms in total. The topological polar surface area (TPSA) is 61.3 Å². The summed E-state index contributed by atoms with van der Waals surface area (Å²) >= 11 is 0. The lowest BCUT2D eigenvalue weighted by atomic mass is 10.1. The molecule has 0 saturated carbocycles. The molecule has 3 rings (SSSR count). The van der Waals surface area contributed by atoms with Gasteiger partial charge in [0.25, 0.3) is 0 Å². The lowest BCUT2D eigenvalue weighted by Crippen LogP contribution is -2.43. The van der Waals surface area contributed by atoms with Crippen molar-refractivity contribution in [2.24, 2.45) is 0 Å². The lowest BCUT2D eigenvalue weighted by Gasteiger charge is -2.32. The van der Waals surface area contributed by atoms with Crippen molar-refractivity contribution in [3.8, 4) is 17.0 Å². The summed E-state index contributed by atoms with van der Waals surface area (Å²) in [7, 11) is 0. The molecule has 6 heteroatoms. The summed E-state index contributed by atoms with van der Waals surface area (Å²) in [6, 6.07) is 9.28. The molecular formula is C18H23FN4O. The first kappa shape index (κ1) is 16.6. The lowest BCUT2D eigenvalue weighted by molar-refractivity contribution is 0.200. The molecule has 128 valence electrons. The number of halogens is 1. The number of likely N-dealkylation sites (tertiary alicyclic amines) is 1. The maximum atomic E-state index is 12.5. The summed E-state index contributed by atoms with van der Waals surface area (Å²) in [5, 5.41) is 21.9. The van der Waals surface area contributed by atoms with Gasteiger partial charge in [-0.3, -0.25) is 4.90 Å². The molecule has 2 aromatic rings. The van der Waals surface area contributed by atoms with E-state index in [4.69, 9.17) is 0 Å². The highest BCUT2D eigenvalue weighted by molar-refractivity contribution is 5.67. The summed E-state index contributed by atoms with van der Waals surface area (Å²) in [5.74, 6) is 0.947. The van der Waals surface area contributed by atoms with Gasteiger partial charge in [0.15, 0.2) is 5.82 Å².